The average Bonchev–Trinajstić information content (AvgIpc) is 2.34. The van der Waals surface area contributed by atoms with E-state index in [2.05, 4.69) is 29.0 Å². The van der Waals surface area contributed by atoms with Crippen LogP contribution in [0.3, 0.4) is 0 Å². The van der Waals surface area contributed by atoms with Crippen LogP contribution in [0, 0.1) is 18.3 Å². The Kier molecular flexibility index (Phi) is 4.11. The summed E-state index contributed by atoms with van der Waals surface area (Å²) >= 11 is 6.18. The van der Waals surface area contributed by atoms with Crippen molar-refractivity contribution in [1.82, 2.24) is 4.90 Å². The van der Waals surface area contributed by atoms with E-state index in [1.807, 2.05) is 19.1 Å². The molecule has 1 heterocycles. The number of halogens is 1. The fourth-order valence-electron chi connectivity index (χ4n) is 2.52. The van der Waals surface area contributed by atoms with Crippen molar-refractivity contribution in [2.24, 2.45) is 0 Å². The van der Waals surface area contributed by atoms with Crippen LogP contribution >= 0.6 is 11.6 Å². The molecule has 0 aliphatic carbocycles. The van der Waals surface area contributed by atoms with Gasteiger partial charge in [0.2, 0.25) is 0 Å². The standard InChI is InChI=1S/C14H18ClN3/c1-11-13(15)4-3-5-14(11)18-9-8-17(2)10-12(18)6-7-16/h3-5,12H,6,8-10H2,1-2H3. The first kappa shape index (κ1) is 13.2. The molecule has 4 heteroatoms. The Morgan fingerprint density at radius 3 is 2.94 bits per heavy atom. The summed E-state index contributed by atoms with van der Waals surface area (Å²) in [5, 5.41) is 9.77. The maximum Gasteiger partial charge on any atom is 0.0643 e. The fourth-order valence-corrected chi connectivity index (χ4v) is 2.68. The van der Waals surface area contributed by atoms with Crippen molar-refractivity contribution in [3.63, 3.8) is 0 Å². The third-order valence-electron chi connectivity index (χ3n) is 3.56. The van der Waals surface area contributed by atoms with Gasteiger partial charge in [0.05, 0.1) is 18.5 Å². The van der Waals surface area contributed by atoms with E-state index in [0.29, 0.717) is 6.42 Å². The predicted octanol–water partition coefficient (Wildman–Crippen LogP) is 2.68. The molecule has 1 aliphatic rings. The van der Waals surface area contributed by atoms with Gasteiger partial charge in [0.25, 0.3) is 0 Å². The second-order valence-corrected chi connectivity index (χ2v) is 5.26. The molecular weight excluding hydrogens is 246 g/mol. The highest BCUT2D eigenvalue weighted by atomic mass is 35.5. The Morgan fingerprint density at radius 1 is 1.44 bits per heavy atom. The van der Waals surface area contributed by atoms with E-state index in [-0.39, 0.29) is 6.04 Å². The molecule has 0 radical (unpaired) electrons. The molecule has 1 fully saturated rings. The lowest BCUT2D eigenvalue weighted by Crippen LogP contribution is -2.52. The maximum absolute atomic E-state index is 8.97. The number of rotatable bonds is 2. The van der Waals surface area contributed by atoms with Gasteiger partial charge >= 0.3 is 0 Å². The van der Waals surface area contributed by atoms with Gasteiger partial charge in [-0.05, 0) is 31.7 Å². The van der Waals surface area contributed by atoms with Gasteiger partial charge in [-0.25, -0.2) is 0 Å². The monoisotopic (exact) mass is 263 g/mol. The summed E-state index contributed by atoms with van der Waals surface area (Å²) in [7, 11) is 2.10. The zero-order valence-electron chi connectivity index (χ0n) is 10.9. The number of hydrogen-bond donors (Lipinski definition) is 0. The first-order valence-electron chi connectivity index (χ1n) is 6.20. The predicted molar refractivity (Wildman–Crippen MR) is 75.1 cm³/mol. The molecule has 0 amide bonds. The summed E-state index contributed by atoms with van der Waals surface area (Å²) in [6.07, 6.45) is 0.552. The molecule has 0 aromatic heterocycles. The zero-order valence-corrected chi connectivity index (χ0v) is 11.6. The Morgan fingerprint density at radius 2 is 2.22 bits per heavy atom. The zero-order chi connectivity index (χ0) is 13.1. The van der Waals surface area contributed by atoms with E-state index in [1.165, 1.54) is 0 Å². The van der Waals surface area contributed by atoms with Crippen molar-refractivity contribution >= 4 is 17.3 Å². The molecule has 2 rings (SSSR count). The van der Waals surface area contributed by atoms with E-state index in [4.69, 9.17) is 16.9 Å². The van der Waals surface area contributed by atoms with Crippen LogP contribution in [-0.2, 0) is 0 Å². The molecule has 0 spiro atoms. The molecule has 1 aromatic carbocycles. The van der Waals surface area contributed by atoms with Gasteiger partial charge in [0, 0.05) is 30.3 Å². The number of nitriles is 1. The van der Waals surface area contributed by atoms with Gasteiger partial charge in [0.1, 0.15) is 0 Å². The van der Waals surface area contributed by atoms with Crippen LogP contribution in [0.25, 0.3) is 0 Å². The van der Waals surface area contributed by atoms with Crippen molar-refractivity contribution in [3.05, 3.63) is 28.8 Å². The largest absolute Gasteiger partial charge is 0.365 e. The quantitative estimate of drug-likeness (QED) is 0.822. The third-order valence-corrected chi connectivity index (χ3v) is 3.97. The lowest BCUT2D eigenvalue weighted by Gasteiger charge is -2.41. The van der Waals surface area contributed by atoms with E-state index in [9.17, 15) is 0 Å². The number of anilines is 1. The van der Waals surface area contributed by atoms with E-state index in [1.54, 1.807) is 0 Å². The minimum atomic E-state index is 0.255. The van der Waals surface area contributed by atoms with Crippen molar-refractivity contribution < 1.29 is 0 Å². The second-order valence-electron chi connectivity index (χ2n) is 4.86. The maximum atomic E-state index is 8.97. The van der Waals surface area contributed by atoms with Crippen LogP contribution in [0.1, 0.15) is 12.0 Å². The van der Waals surface area contributed by atoms with E-state index >= 15 is 0 Å². The van der Waals surface area contributed by atoms with Crippen LogP contribution in [0.2, 0.25) is 5.02 Å². The normalized spacial score (nSPS) is 20.8. The highest BCUT2D eigenvalue weighted by molar-refractivity contribution is 6.31. The summed E-state index contributed by atoms with van der Waals surface area (Å²) in [5.74, 6) is 0. The molecule has 0 saturated carbocycles. The SMILES string of the molecule is Cc1c(Cl)cccc1N1CCN(C)CC1CC#N. The van der Waals surface area contributed by atoms with Crippen LogP contribution < -0.4 is 4.90 Å². The van der Waals surface area contributed by atoms with Crippen LogP contribution in [0.15, 0.2) is 18.2 Å². The minimum Gasteiger partial charge on any atom is -0.365 e. The molecule has 1 unspecified atom stereocenters. The van der Waals surface area contributed by atoms with Crippen molar-refractivity contribution in [1.29, 1.82) is 5.26 Å². The molecule has 96 valence electrons. The number of nitrogens with zero attached hydrogens (tertiary/aromatic N) is 3. The van der Waals surface area contributed by atoms with Crippen LogP contribution in [0.5, 0.6) is 0 Å². The third kappa shape index (κ3) is 2.60. The molecule has 0 N–H and O–H groups in total. The fraction of sp³-hybridized carbons (Fsp3) is 0.500. The molecular formula is C14H18ClN3. The Hall–Kier alpha value is -1.24. The number of piperazine rings is 1. The molecule has 18 heavy (non-hydrogen) atoms. The van der Waals surface area contributed by atoms with Crippen LogP contribution in [0.4, 0.5) is 5.69 Å². The summed E-state index contributed by atoms with van der Waals surface area (Å²) in [5.41, 5.74) is 2.27. The Balaban J connectivity index is 2.30. The lowest BCUT2D eigenvalue weighted by atomic mass is 10.1. The molecule has 1 atom stereocenters. The summed E-state index contributed by atoms with van der Waals surface area (Å²) in [4.78, 5) is 4.60. The average molecular weight is 264 g/mol. The van der Waals surface area contributed by atoms with Gasteiger partial charge in [-0.1, -0.05) is 17.7 Å². The molecule has 0 bridgehead atoms. The lowest BCUT2D eigenvalue weighted by molar-refractivity contribution is 0.268. The Bertz CT molecular complexity index is 467. The summed E-state index contributed by atoms with van der Waals surface area (Å²) in [6, 6.07) is 8.53. The number of hydrogen-bond acceptors (Lipinski definition) is 3. The molecule has 3 nitrogen and oxygen atoms in total. The van der Waals surface area contributed by atoms with Gasteiger partial charge in [-0.2, -0.15) is 5.26 Å². The van der Waals surface area contributed by atoms with Crippen molar-refractivity contribution in [2.45, 2.75) is 19.4 Å². The van der Waals surface area contributed by atoms with Gasteiger partial charge in [-0.15, -0.1) is 0 Å². The molecule has 1 aromatic rings. The number of likely N-dealkylation sites (N-methyl/N-ethyl adjacent to an activating group) is 1. The smallest absolute Gasteiger partial charge is 0.0643 e. The van der Waals surface area contributed by atoms with Gasteiger partial charge in [-0.3, -0.25) is 0 Å². The topological polar surface area (TPSA) is 30.3 Å². The van der Waals surface area contributed by atoms with Gasteiger partial charge in [0.15, 0.2) is 0 Å². The van der Waals surface area contributed by atoms with Crippen LogP contribution in [-0.4, -0.2) is 37.6 Å². The van der Waals surface area contributed by atoms with Crippen molar-refractivity contribution in [2.75, 3.05) is 31.6 Å². The summed E-state index contributed by atoms with van der Waals surface area (Å²) in [6.45, 7) is 4.94. The Labute approximate surface area is 114 Å². The number of benzene rings is 1. The highest BCUT2D eigenvalue weighted by Gasteiger charge is 2.26. The second kappa shape index (κ2) is 5.60. The first-order chi connectivity index (χ1) is 8.63. The molecule has 1 aliphatic heterocycles. The summed E-state index contributed by atoms with van der Waals surface area (Å²) < 4.78 is 0. The van der Waals surface area contributed by atoms with Gasteiger partial charge < -0.3 is 9.80 Å². The van der Waals surface area contributed by atoms with E-state index < -0.39 is 0 Å². The molecule has 1 saturated heterocycles. The van der Waals surface area contributed by atoms with Crippen molar-refractivity contribution in [3.8, 4) is 6.07 Å². The highest BCUT2D eigenvalue weighted by Crippen LogP contribution is 2.29. The minimum absolute atomic E-state index is 0.255. The first-order valence-corrected chi connectivity index (χ1v) is 6.58. The van der Waals surface area contributed by atoms with E-state index in [0.717, 1.165) is 35.9 Å².